The van der Waals surface area contributed by atoms with Gasteiger partial charge >= 0.3 is 0 Å². The fourth-order valence-electron chi connectivity index (χ4n) is 2.12. The molecule has 2 N–H and O–H groups in total. The maximum atomic E-state index is 5.57. The first-order valence-corrected chi connectivity index (χ1v) is 5.59. The minimum Gasteiger partial charge on any atom is -0.496 e. The Labute approximate surface area is 95.8 Å². The predicted molar refractivity (Wildman–Crippen MR) is 66.8 cm³/mol. The summed E-state index contributed by atoms with van der Waals surface area (Å²) >= 11 is 0. The van der Waals surface area contributed by atoms with Crippen molar-refractivity contribution in [1.82, 2.24) is 4.57 Å². The topological polar surface area (TPSA) is 40.2 Å². The van der Waals surface area contributed by atoms with E-state index in [0.717, 1.165) is 18.6 Å². The highest BCUT2D eigenvalue weighted by Gasteiger charge is 2.09. The lowest BCUT2D eigenvalue weighted by molar-refractivity contribution is 0.410. The second-order valence-corrected chi connectivity index (χ2v) is 4.00. The molecule has 3 nitrogen and oxygen atoms in total. The number of benzene rings is 1. The Bertz CT molecular complexity index is 488. The molecule has 0 atom stereocenters. The molecule has 0 amide bonds. The van der Waals surface area contributed by atoms with Crippen molar-refractivity contribution < 1.29 is 4.74 Å². The van der Waals surface area contributed by atoms with E-state index in [0.29, 0.717) is 6.54 Å². The number of methoxy groups -OCH3 is 1. The molecule has 2 rings (SSSR count). The van der Waals surface area contributed by atoms with Crippen LogP contribution in [0.2, 0.25) is 0 Å². The van der Waals surface area contributed by atoms with E-state index < -0.39 is 0 Å². The number of ether oxygens (including phenoxy) is 1. The Morgan fingerprint density at radius 1 is 1.31 bits per heavy atom. The SMILES string of the molecule is COc1ccc2c(ccn2C)c1CCCN. The zero-order valence-electron chi connectivity index (χ0n) is 9.86. The second-order valence-electron chi connectivity index (χ2n) is 4.00. The molecular formula is C13H18N2O. The smallest absolute Gasteiger partial charge is 0.122 e. The standard InChI is InChI=1S/C13H18N2O/c1-15-9-7-10-11(4-3-8-14)13(16-2)6-5-12(10)15/h5-7,9H,3-4,8,14H2,1-2H3. The molecule has 0 spiro atoms. The number of fused-ring (bicyclic) bond motifs is 1. The number of aromatic nitrogens is 1. The third-order valence-electron chi connectivity index (χ3n) is 2.99. The van der Waals surface area contributed by atoms with Crippen molar-refractivity contribution in [3.63, 3.8) is 0 Å². The molecule has 0 aliphatic heterocycles. The summed E-state index contributed by atoms with van der Waals surface area (Å²) in [5.74, 6) is 0.965. The van der Waals surface area contributed by atoms with Crippen molar-refractivity contribution in [3.05, 3.63) is 30.0 Å². The van der Waals surface area contributed by atoms with Crippen molar-refractivity contribution in [1.29, 1.82) is 0 Å². The molecule has 86 valence electrons. The van der Waals surface area contributed by atoms with Gasteiger partial charge in [-0.25, -0.2) is 0 Å². The van der Waals surface area contributed by atoms with Gasteiger partial charge in [0.1, 0.15) is 5.75 Å². The third kappa shape index (κ3) is 1.78. The normalized spacial score (nSPS) is 10.9. The lowest BCUT2D eigenvalue weighted by atomic mass is 10.0. The number of rotatable bonds is 4. The van der Waals surface area contributed by atoms with E-state index in [9.17, 15) is 0 Å². The maximum Gasteiger partial charge on any atom is 0.122 e. The lowest BCUT2D eigenvalue weighted by Crippen LogP contribution is -2.02. The van der Waals surface area contributed by atoms with E-state index in [1.165, 1.54) is 16.5 Å². The fraction of sp³-hybridized carbons (Fsp3) is 0.385. The van der Waals surface area contributed by atoms with Crippen molar-refractivity contribution in [2.75, 3.05) is 13.7 Å². The summed E-state index contributed by atoms with van der Waals surface area (Å²) in [6, 6.07) is 6.28. The van der Waals surface area contributed by atoms with Crippen LogP contribution in [-0.4, -0.2) is 18.2 Å². The maximum absolute atomic E-state index is 5.57. The molecule has 1 aromatic carbocycles. The zero-order valence-corrected chi connectivity index (χ0v) is 9.86. The van der Waals surface area contributed by atoms with Crippen LogP contribution in [0, 0.1) is 0 Å². The van der Waals surface area contributed by atoms with Gasteiger partial charge in [-0.3, -0.25) is 0 Å². The highest BCUT2D eigenvalue weighted by Crippen LogP contribution is 2.29. The summed E-state index contributed by atoms with van der Waals surface area (Å²) in [6.45, 7) is 0.715. The van der Waals surface area contributed by atoms with Crippen molar-refractivity contribution >= 4 is 10.9 Å². The Morgan fingerprint density at radius 2 is 2.12 bits per heavy atom. The van der Waals surface area contributed by atoms with E-state index in [-0.39, 0.29) is 0 Å². The van der Waals surface area contributed by atoms with E-state index in [1.54, 1.807) is 7.11 Å². The number of hydrogen-bond acceptors (Lipinski definition) is 2. The summed E-state index contributed by atoms with van der Waals surface area (Å²) in [6.07, 6.45) is 4.04. The van der Waals surface area contributed by atoms with Gasteiger partial charge in [0.2, 0.25) is 0 Å². The Kier molecular flexibility index (Phi) is 3.15. The summed E-state index contributed by atoms with van der Waals surface area (Å²) in [7, 11) is 3.78. The zero-order chi connectivity index (χ0) is 11.5. The first-order valence-electron chi connectivity index (χ1n) is 5.59. The van der Waals surface area contributed by atoms with Gasteiger partial charge in [-0.1, -0.05) is 0 Å². The number of hydrogen-bond donors (Lipinski definition) is 1. The summed E-state index contributed by atoms with van der Waals surface area (Å²) in [5.41, 5.74) is 8.08. The largest absolute Gasteiger partial charge is 0.496 e. The molecular weight excluding hydrogens is 200 g/mol. The molecule has 1 aromatic heterocycles. The van der Waals surface area contributed by atoms with Gasteiger partial charge in [-0.05, 0) is 37.6 Å². The molecule has 1 heterocycles. The number of nitrogens with two attached hydrogens (primary N) is 1. The van der Waals surface area contributed by atoms with Gasteiger partial charge in [0.15, 0.2) is 0 Å². The Hall–Kier alpha value is -1.48. The van der Waals surface area contributed by atoms with Crippen molar-refractivity contribution in [2.24, 2.45) is 12.8 Å². The summed E-state index contributed by atoms with van der Waals surface area (Å²) in [5, 5.41) is 1.27. The molecule has 0 aliphatic rings. The van der Waals surface area contributed by atoms with E-state index in [1.807, 2.05) is 6.07 Å². The van der Waals surface area contributed by atoms with Crippen LogP contribution in [0.5, 0.6) is 5.75 Å². The molecule has 2 aromatic rings. The lowest BCUT2D eigenvalue weighted by Gasteiger charge is -2.10. The minimum absolute atomic E-state index is 0.715. The Morgan fingerprint density at radius 3 is 2.81 bits per heavy atom. The van der Waals surface area contributed by atoms with E-state index >= 15 is 0 Å². The molecule has 0 saturated heterocycles. The van der Waals surface area contributed by atoms with Crippen LogP contribution in [0.15, 0.2) is 24.4 Å². The van der Waals surface area contributed by atoms with Crippen LogP contribution >= 0.6 is 0 Å². The minimum atomic E-state index is 0.715. The van der Waals surface area contributed by atoms with Crippen LogP contribution < -0.4 is 10.5 Å². The van der Waals surface area contributed by atoms with Crippen LogP contribution in [0.3, 0.4) is 0 Å². The fourth-order valence-corrected chi connectivity index (χ4v) is 2.12. The molecule has 0 bridgehead atoms. The second kappa shape index (κ2) is 4.58. The quantitative estimate of drug-likeness (QED) is 0.853. The molecule has 16 heavy (non-hydrogen) atoms. The van der Waals surface area contributed by atoms with Gasteiger partial charge < -0.3 is 15.0 Å². The van der Waals surface area contributed by atoms with Crippen LogP contribution in [0.25, 0.3) is 10.9 Å². The average molecular weight is 218 g/mol. The summed E-state index contributed by atoms with van der Waals surface area (Å²) in [4.78, 5) is 0. The van der Waals surface area contributed by atoms with E-state index in [4.69, 9.17) is 10.5 Å². The van der Waals surface area contributed by atoms with Gasteiger partial charge in [-0.2, -0.15) is 0 Å². The van der Waals surface area contributed by atoms with Gasteiger partial charge in [-0.15, -0.1) is 0 Å². The molecule has 0 saturated carbocycles. The third-order valence-corrected chi connectivity index (χ3v) is 2.99. The van der Waals surface area contributed by atoms with Crippen molar-refractivity contribution in [3.8, 4) is 5.75 Å². The number of aryl methyl sites for hydroxylation is 2. The van der Waals surface area contributed by atoms with Crippen LogP contribution in [-0.2, 0) is 13.5 Å². The molecule has 3 heteroatoms. The van der Waals surface area contributed by atoms with Gasteiger partial charge in [0.05, 0.1) is 7.11 Å². The van der Waals surface area contributed by atoms with Crippen LogP contribution in [0.4, 0.5) is 0 Å². The number of nitrogens with zero attached hydrogens (tertiary/aromatic N) is 1. The Balaban J connectivity index is 2.54. The average Bonchev–Trinajstić information content (AvgIpc) is 2.68. The highest BCUT2D eigenvalue weighted by atomic mass is 16.5. The molecule has 0 fully saturated rings. The van der Waals surface area contributed by atoms with Crippen molar-refractivity contribution in [2.45, 2.75) is 12.8 Å². The molecule has 0 unspecified atom stereocenters. The summed E-state index contributed by atoms with van der Waals surface area (Å²) < 4.78 is 7.54. The van der Waals surface area contributed by atoms with E-state index in [2.05, 4.69) is 29.9 Å². The van der Waals surface area contributed by atoms with Gasteiger partial charge in [0, 0.05) is 29.7 Å². The monoisotopic (exact) mass is 218 g/mol. The highest BCUT2D eigenvalue weighted by molar-refractivity contribution is 5.86. The first kappa shape index (κ1) is 11.0. The predicted octanol–water partition coefficient (Wildman–Crippen LogP) is 2.08. The van der Waals surface area contributed by atoms with Gasteiger partial charge in [0.25, 0.3) is 0 Å². The first-order chi connectivity index (χ1) is 7.77. The van der Waals surface area contributed by atoms with Crippen LogP contribution in [0.1, 0.15) is 12.0 Å². The molecule has 0 radical (unpaired) electrons. The molecule has 0 aliphatic carbocycles.